The molecular formula is C29H33N7O2S. The van der Waals surface area contributed by atoms with E-state index >= 15 is 0 Å². The van der Waals surface area contributed by atoms with Crippen LogP contribution in [-0.4, -0.2) is 31.7 Å². The van der Waals surface area contributed by atoms with Crippen molar-refractivity contribution in [2.24, 2.45) is 5.92 Å². The second kappa shape index (κ2) is 11.0. The highest BCUT2D eigenvalue weighted by atomic mass is 32.1. The van der Waals surface area contributed by atoms with E-state index in [9.17, 15) is 9.59 Å². The number of aromatic nitrogens is 4. The van der Waals surface area contributed by atoms with Gasteiger partial charge in [0.15, 0.2) is 5.13 Å². The van der Waals surface area contributed by atoms with Gasteiger partial charge in [-0.15, -0.1) is 11.3 Å². The van der Waals surface area contributed by atoms with Crippen molar-refractivity contribution in [2.45, 2.75) is 58.8 Å². The molecule has 10 heteroatoms. The number of rotatable bonds is 8. The Morgan fingerprint density at radius 3 is 2.49 bits per heavy atom. The van der Waals surface area contributed by atoms with Gasteiger partial charge in [0, 0.05) is 34.7 Å². The maximum Gasteiger partial charge on any atom is 0.326 e. The Labute approximate surface area is 232 Å². The zero-order valence-electron chi connectivity index (χ0n) is 22.6. The largest absolute Gasteiger partial charge is 0.326 e. The summed E-state index contributed by atoms with van der Waals surface area (Å²) in [6.45, 7) is 8.30. The summed E-state index contributed by atoms with van der Waals surface area (Å²) in [6.07, 6.45) is 6.95. The molecule has 9 nitrogen and oxygen atoms in total. The molecule has 202 valence electrons. The lowest BCUT2D eigenvalue weighted by Crippen LogP contribution is -2.21. The lowest BCUT2D eigenvalue weighted by Gasteiger charge is -2.14. The van der Waals surface area contributed by atoms with Crippen LogP contribution in [-0.2, 0) is 23.1 Å². The highest BCUT2D eigenvalue weighted by molar-refractivity contribution is 7.15. The Balaban J connectivity index is 1.20. The monoisotopic (exact) mass is 543 g/mol. The molecule has 0 radical (unpaired) electrons. The van der Waals surface area contributed by atoms with Gasteiger partial charge in [-0.2, -0.15) is 5.10 Å². The van der Waals surface area contributed by atoms with Gasteiger partial charge >= 0.3 is 6.03 Å². The van der Waals surface area contributed by atoms with E-state index in [2.05, 4.69) is 46.7 Å². The fourth-order valence-electron chi connectivity index (χ4n) is 3.98. The van der Waals surface area contributed by atoms with E-state index in [1.807, 2.05) is 49.4 Å². The summed E-state index contributed by atoms with van der Waals surface area (Å²) in [7, 11) is 0. The number of pyridine rings is 1. The number of nitrogens with one attached hydrogen (secondary N) is 3. The number of anilines is 3. The van der Waals surface area contributed by atoms with Gasteiger partial charge in [0.25, 0.3) is 0 Å². The second-order valence-electron chi connectivity index (χ2n) is 10.9. The molecule has 1 fully saturated rings. The fourth-order valence-corrected chi connectivity index (χ4v) is 4.79. The highest BCUT2D eigenvalue weighted by Gasteiger charge is 2.29. The van der Waals surface area contributed by atoms with Gasteiger partial charge in [-0.3, -0.25) is 15.4 Å². The van der Waals surface area contributed by atoms with E-state index in [0.29, 0.717) is 16.8 Å². The molecule has 1 aliphatic rings. The van der Waals surface area contributed by atoms with Crippen LogP contribution in [0.2, 0.25) is 0 Å². The first-order chi connectivity index (χ1) is 18.6. The number of benzene rings is 1. The SMILES string of the molecule is Cc1ccc(-n2nc(C(C)(C)C)cc2NC(=O)Nc2ncc(CCc3ccnc(NC(=O)C4CC4)c3)s2)cc1. The van der Waals surface area contributed by atoms with Crippen LogP contribution in [0.3, 0.4) is 0 Å². The molecule has 0 unspecified atom stereocenters. The third-order valence-corrected chi connectivity index (χ3v) is 7.43. The van der Waals surface area contributed by atoms with Crippen molar-refractivity contribution in [1.29, 1.82) is 0 Å². The van der Waals surface area contributed by atoms with Crippen molar-refractivity contribution in [3.63, 3.8) is 0 Å². The number of aryl methyl sites for hydroxylation is 3. The molecule has 3 N–H and O–H groups in total. The van der Waals surface area contributed by atoms with Crippen LogP contribution >= 0.6 is 11.3 Å². The molecule has 0 aliphatic heterocycles. The zero-order valence-corrected chi connectivity index (χ0v) is 23.4. The minimum absolute atomic E-state index is 0.0487. The second-order valence-corrected chi connectivity index (χ2v) is 12.1. The van der Waals surface area contributed by atoms with Crippen LogP contribution in [0.1, 0.15) is 55.3 Å². The van der Waals surface area contributed by atoms with Crippen LogP contribution in [0.15, 0.2) is 54.9 Å². The summed E-state index contributed by atoms with van der Waals surface area (Å²) >= 11 is 1.44. The van der Waals surface area contributed by atoms with Crippen molar-refractivity contribution >= 4 is 40.0 Å². The van der Waals surface area contributed by atoms with Gasteiger partial charge < -0.3 is 5.32 Å². The maximum atomic E-state index is 12.9. The number of hydrogen-bond acceptors (Lipinski definition) is 6. The lowest BCUT2D eigenvalue weighted by molar-refractivity contribution is -0.117. The van der Waals surface area contributed by atoms with E-state index in [4.69, 9.17) is 5.10 Å². The number of amides is 3. The minimum Gasteiger partial charge on any atom is -0.310 e. The van der Waals surface area contributed by atoms with Crippen LogP contribution < -0.4 is 16.0 Å². The Bertz CT molecular complexity index is 1480. The molecule has 1 saturated carbocycles. The summed E-state index contributed by atoms with van der Waals surface area (Å²) in [4.78, 5) is 34.6. The molecule has 3 heterocycles. The van der Waals surface area contributed by atoms with Crippen molar-refractivity contribution < 1.29 is 9.59 Å². The van der Waals surface area contributed by atoms with Crippen LogP contribution in [0.4, 0.5) is 21.6 Å². The third kappa shape index (κ3) is 6.88. The fraction of sp³-hybridized carbons (Fsp3) is 0.345. The van der Waals surface area contributed by atoms with Crippen LogP contribution in [0.5, 0.6) is 0 Å². The van der Waals surface area contributed by atoms with E-state index in [-0.39, 0.29) is 23.3 Å². The summed E-state index contributed by atoms with van der Waals surface area (Å²) in [6, 6.07) is 13.4. The molecular weight excluding hydrogens is 510 g/mol. The quantitative estimate of drug-likeness (QED) is 0.248. The van der Waals surface area contributed by atoms with Crippen molar-refractivity contribution in [2.75, 3.05) is 16.0 Å². The lowest BCUT2D eigenvalue weighted by atomic mass is 9.92. The summed E-state index contributed by atoms with van der Waals surface area (Å²) in [5, 5.41) is 14.0. The van der Waals surface area contributed by atoms with Gasteiger partial charge in [0.05, 0.1) is 11.4 Å². The highest BCUT2D eigenvalue weighted by Crippen LogP contribution is 2.30. The number of thiazole rings is 1. The normalized spacial score (nSPS) is 13.2. The summed E-state index contributed by atoms with van der Waals surface area (Å²) in [5.74, 6) is 1.36. The molecule has 39 heavy (non-hydrogen) atoms. The predicted molar refractivity (Wildman–Crippen MR) is 155 cm³/mol. The van der Waals surface area contributed by atoms with Gasteiger partial charge in [-0.1, -0.05) is 38.5 Å². The van der Waals surface area contributed by atoms with E-state index < -0.39 is 0 Å². The molecule has 0 spiro atoms. The predicted octanol–water partition coefficient (Wildman–Crippen LogP) is 6.11. The Morgan fingerprint density at radius 1 is 1.00 bits per heavy atom. The van der Waals surface area contributed by atoms with Gasteiger partial charge in [0.1, 0.15) is 11.6 Å². The van der Waals surface area contributed by atoms with Gasteiger partial charge in [-0.05, 0) is 62.4 Å². The molecule has 0 atom stereocenters. The molecule has 5 rings (SSSR count). The van der Waals surface area contributed by atoms with E-state index in [1.165, 1.54) is 11.3 Å². The first-order valence-corrected chi connectivity index (χ1v) is 13.9. The Hall–Kier alpha value is -4.05. The van der Waals surface area contributed by atoms with Gasteiger partial charge in [-0.25, -0.2) is 19.4 Å². The number of hydrogen-bond donors (Lipinski definition) is 3. The van der Waals surface area contributed by atoms with Crippen molar-refractivity contribution in [1.82, 2.24) is 19.7 Å². The van der Waals surface area contributed by atoms with Crippen LogP contribution in [0.25, 0.3) is 5.69 Å². The Morgan fingerprint density at radius 2 is 1.77 bits per heavy atom. The molecule has 4 aromatic rings. The molecule has 0 saturated heterocycles. The van der Waals surface area contributed by atoms with Crippen molar-refractivity contribution in [3.05, 3.63) is 76.6 Å². The minimum atomic E-state index is -0.380. The first kappa shape index (κ1) is 26.6. The molecule has 1 aromatic carbocycles. The average molecular weight is 544 g/mol. The number of carbonyl (C=O) groups is 2. The maximum absolute atomic E-state index is 12.9. The topological polar surface area (TPSA) is 114 Å². The Kier molecular flexibility index (Phi) is 7.47. The molecule has 0 bridgehead atoms. The van der Waals surface area contributed by atoms with E-state index in [0.717, 1.165) is 53.1 Å². The molecule has 3 aromatic heterocycles. The number of nitrogens with zero attached hydrogens (tertiary/aromatic N) is 4. The summed E-state index contributed by atoms with van der Waals surface area (Å²) < 4.78 is 1.75. The molecule has 3 amide bonds. The standard InChI is InChI=1S/C29H33N7O2S/c1-18-5-10-21(11-6-18)36-25(16-23(35-36)29(2,3)4)33-27(38)34-28-31-17-22(39-28)12-7-19-13-14-30-24(15-19)32-26(37)20-8-9-20/h5-6,10-11,13-17,20H,7-9,12H2,1-4H3,(H,30,32,37)(H2,31,33,34,38). The number of urea groups is 1. The van der Waals surface area contributed by atoms with Crippen LogP contribution in [0, 0.1) is 12.8 Å². The van der Waals surface area contributed by atoms with E-state index in [1.54, 1.807) is 17.1 Å². The third-order valence-electron chi connectivity index (χ3n) is 6.46. The smallest absolute Gasteiger partial charge is 0.310 e. The van der Waals surface area contributed by atoms with Crippen molar-refractivity contribution in [3.8, 4) is 5.69 Å². The average Bonchev–Trinajstić information content (AvgIpc) is 3.51. The zero-order chi connectivity index (χ0) is 27.6. The first-order valence-electron chi connectivity index (χ1n) is 13.1. The molecule has 1 aliphatic carbocycles. The summed E-state index contributed by atoms with van der Waals surface area (Å²) in [5.41, 5.74) is 3.80. The number of carbonyl (C=O) groups excluding carboxylic acids is 2. The van der Waals surface area contributed by atoms with Gasteiger partial charge in [0.2, 0.25) is 5.91 Å².